The Bertz CT molecular complexity index is 1480. The van der Waals surface area contributed by atoms with Gasteiger partial charge in [-0.2, -0.15) is 5.10 Å². The van der Waals surface area contributed by atoms with Gasteiger partial charge in [-0.3, -0.25) is 9.48 Å². The van der Waals surface area contributed by atoms with E-state index in [0.29, 0.717) is 65.3 Å². The van der Waals surface area contributed by atoms with Crippen molar-refractivity contribution in [2.75, 3.05) is 39.7 Å². The van der Waals surface area contributed by atoms with Crippen molar-refractivity contribution in [3.8, 4) is 28.6 Å². The number of ether oxygens (including phenoxy) is 3. The number of methoxy groups -OCH3 is 3. The monoisotopic (exact) mass is 520 g/mol. The van der Waals surface area contributed by atoms with Crippen molar-refractivity contribution < 1.29 is 19.0 Å². The predicted molar refractivity (Wildman–Crippen MR) is 142 cm³/mol. The number of hydrogen-bond donors (Lipinski definition) is 1. The summed E-state index contributed by atoms with van der Waals surface area (Å²) >= 11 is 0. The third-order valence-corrected chi connectivity index (χ3v) is 6.91. The molecular formula is C26H32N8O4. The Kier molecular flexibility index (Phi) is 6.79. The lowest BCUT2D eigenvalue weighted by Crippen LogP contribution is -2.28. The van der Waals surface area contributed by atoms with Crippen LogP contribution >= 0.6 is 0 Å². The van der Waals surface area contributed by atoms with Gasteiger partial charge in [0.2, 0.25) is 11.7 Å². The minimum atomic E-state index is 0.191. The maximum Gasteiger partial charge on any atom is 0.222 e. The van der Waals surface area contributed by atoms with Gasteiger partial charge in [0.15, 0.2) is 34.3 Å². The number of nitrogens with one attached hydrogen (secondary N) is 1. The minimum absolute atomic E-state index is 0.191. The summed E-state index contributed by atoms with van der Waals surface area (Å²) in [4.78, 5) is 28.5. The first kappa shape index (κ1) is 25.3. The highest BCUT2D eigenvalue weighted by molar-refractivity contribution is 5.88. The molecule has 0 spiro atoms. The SMILES string of the molecule is COc1cc(Nc2nc(-c3c(C)nn(C)c3C)nc3c2ncn3CCN2CCCC2=O)cc(OC)c1OC. The minimum Gasteiger partial charge on any atom is -0.493 e. The fraction of sp³-hybridized carbons (Fsp3) is 0.423. The number of carbonyl (C=O) groups excluding carboxylic acids is 1. The second kappa shape index (κ2) is 10.2. The van der Waals surface area contributed by atoms with E-state index in [1.54, 1.807) is 27.7 Å². The molecule has 1 aliphatic rings. The van der Waals surface area contributed by atoms with E-state index in [1.165, 1.54) is 0 Å². The maximum atomic E-state index is 12.1. The molecule has 0 atom stereocenters. The Balaban J connectivity index is 1.61. The zero-order chi connectivity index (χ0) is 27.0. The van der Waals surface area contributed by atoms with Gasteiger partial charge in [0, 0.05) is 56.6 Å². The molecule has 1 aromatic carbocycles. The van der Waals surface area contributed by atoms with E-state index < -0.39 is 0 Å². The Morgan fingerprint density at radius 2 is 1.76 bits per heavy atom. The number of rotatable bonds is 9. The highest BCUT2D eigenvalue weighted by atomic mass is 16.5. The Hall–Kier alpha value is -4.35. The van der Waals surface area contributed by atoms with Crippen LogP contribution in [0.3, 0.4) is 0 Å². The van der Waals surface area contributed by atoms with Gasteiger partial charge in [-0.1, -0.05) is 0 Å². The van der Waals surface area contributed by atoms with Gasteiger partial charge in [0.05, 0.1) is 38.9 Å². The summed E-state index contributed by atoms with van der Waals surface area (Å²) in [7, 11) is 6.61. The van der Waals surface area contributed by atoms with E-state index in [-0.39, 0.29) is 5.91 Å². The van der Waals surface area contributed by atoms with Crippen LogP contribution in [0.15, 0.2) is 18.5 Å². The van der Waals surface area contributed by atoms with Crippen molar-refractivity contribution in [3.05, 3.63) is 29.8 Å². The standard InChI is InChI=1S/C26H32N8O4/c1-15-21(16(2)32(3)31-15)24-29-25(28-17-12-18(36-4)23(38-6)19(13-17)37-5)22-26(30-24)34(14-27-22)11-10-33-9-7-8-20(33)35/h12-14H,7-11H2,1-6H3,(H,28,29,30). The fourth-order valence-corrected chi connectivity index (χ4v) is 4.86. The molecule has 1 amide bonds. The Morgan fingerprint density at radius 3 is 2.34 bits per heavy atom. The molecule has 1 N–H and O–H groups in total. The highest BCUT2D eigenvalue weighted by Gasteiger charge is 2.23. The van der Waals surface area contributed by atoms with Gasteiger partial charge in [-0.25, -0.2) is 15.0 Å². The molecule has 12 heteroatoms. The lowest BCUT2D eigenvalue weighted by molar-refractivity contribution is -0.127. The number of carbonyl (C=O) groups is 1. The number of likely N-dealkylation sites (tertiary alicyclic amines) is 1. The van der Waals surface area contributed by atoms with Crippen LogP contribution in [0.1, 0.15) is 24.2 Å². The molecule has 38 heavy (non-hydrogen) atoms. The zero-order valence-electron chi connectivity index (χ0n) is 22.5. The van der Waals surface area contributed by atoms with Crippen molar-refractivity contribution >= 4 is 28.6 Å². The van der Waals surface area contributed by atoms with Gasteiger partial charge in [0.1, 0.15) is 0 Å². The number of amides is 1. The van der Waals surface area contributed by atoms with Crippen LogP contribution in [0.5, 0.6) is 17.2 Å². The number of hydrogen-bond acceptors (Lipinski definition) is 9. The van der Waals surface area contributed by atoms with Crippen molar-refractivity contribution in [1.82, 2.24) is 34.2 Å². The number of anilines is 2. The summed E-state index contributed by atoms with van der Waals surface area (Å²) in [6, 6.07) is 3.62. The van der Waals surface area contributed by atoms with Crippen LogP contribution in [0, 0.1) is 13.8 Å². The second-order valence-electron chi connectivity index (χ2n) is 9.20. The number of aryl methyl sites for hydroxylation is 2. The number of aromatic nitrogens is 6. The maximum absolute atomic E-state index is 12.1. The van der Waals surface area contributed by atoms with Gasteiger partial charge in [-0.15, -0.1) is 0 Å². The predicted octanol–water partition coefficient (Wildman–Crippen LogP) is 3.24. The van der Waals surface area contributed by atoms with E-state index in [9.17, 15) is 4.79 Å². The molecule has 4 heterocycles. The Labute approximate surface area is 220 Å². The molecule has 1 aliphatic heterocycles. The molecule has 1 fully saturated rings. The van der Waals surface area contributed by atoms with E-state index in [2.05, 4.69) is 15.4 Å². The fourth-order valence-electron chi connectivity index (χ4n) is 4.86. The van der Waals surface area contributed by atoms with E-state index in [4.69, 9.17) is 24.2 Å². The van der Waals surface area contributed by atoms with Crippen LogP contribution < -0.4 is 19.5 Å². The first-order chi connectivity index (χ1) is 18.3. The van der Waals surface area contributed by atoms with Crippen molar-refractivity contribution in [1.29, 1.82) is 0 Å². The average Bonchev–Trinajstić information content (AvgIpc) is 3.58. The molecule has 3 aromatic heterocycles. The van der Waals surface area contributed by atoms with E-state index in [1.807, 2.05) is 47.2 Å². The quantitative estimate of drug-likeness (QED) is 0.354. The molecule has 4 aromatic rings. The zero-order valence-corrected chi connectivity index (χ0v) is 22.5. The molecule has 1 saturated heterocycles. The summed E-state index contributed by atoms with van der Waals surface area (Å²) in [5, 5.41) is 7.94. The van der Waals surface area contributed by atoms with Crippen LogP contribution in [-0.2, 0) is 18.4 Å². The topological polar surface area (TPSA) is 121 Å². The molecule has 0 aliphatic carbocycles. The van der Waals surface area contributed by atoms with Gasteiger partial charge in [-0.05, 0) is 20.3 Å². The van der Waals surface area contributed by atoms with E-state index in [0.717, 1.165) is 29.9 Å². The average molecular weight is 521 g/mol. The van der Waals surface area contributed by atoms with Crippen LogP contribution in [-0.4, -0.2) is 74.5 Å². The van der Waals surface area contributed by atoms with Crippen molar-refractivity contribution in [2.24, 2.45) is 7.05 Å². The summed E-state index contributed by atoms with van der Waals surface area (Å²) in [5.74, 6) is 2.78. The Morgan fingerprint density at radius 1 is 1.03 bits per heavy atom. The summed E-state index contributed by atoms with van der Waals surface area (Å²) in [6.45, 7) is 5.90. The smallest absolute Gasteiger partial charge is 0.222 e. The van der Waals surface area contributed by atoms with Crippen molar-refractivity contribution in [3.63, 3.8) is 0 Å². The summed E-state index contributed by atoms with van der Waals surface area (Å²) < 4.78 is 20.3. The number of imidazole rings is 1. The molecule has 0 bridgehead atoms. The van der Waals surface area contributed by atoms with E-state index >= 15 is 0 Å². The van der Waals surface area contributed by atoms with Gasteiger partial charge >= 0.3 is 0 Å². The number of fused-ring (bicyclic) bond motifs is 1. The number of nitrogens with zero attached hydrogens (tertiary/aromatic N) is 7. The highest BCUT2D eigenvalue weighted by Crippen LogP contribution is 2.41. The summed E-state index contributed by atoms with van der Waals surface area (Å²) in [5.41, 5.74) is 4.60. The number of benzene rings is 1. The molecule has 0 unspecified atom stereocenters. The van der Waals surface area contributed by atoms with Crippen molar-refractivity contribution in [2.45, 2.75) is 33.2 Å². The van der Waals surface area contributed by atoms with Crippen LogP contribution in [0.4, 0.5) is 11.5 Å². The lowest BCUT2D eigenvalue weighted by Gasteiger charge is -2.16. The molecule has 0 radical (unpaired) electrons. The van der Waals surface area contributed by atoms with Gasteiger partial charge in [0.25, 0.3) is 0 Å². The van der Waals surface area contributed by atoms with Gasteiger partial charge < -0.3 is 29.0 Å². The van der Waals surface area contributed by atoms with Crippen LogP contribution in [0.2, 0.25) is 0 Å². The molecule has 0 saturated carbocycles. The molecule has 12 nitrogen and oxygen atoms in total. The third-order valence-electron chi connectivity index (χ3n) is 6.91. The normalized spacial score (nSPS) is 13.4. The van der Waals surface area contributed by atoms with Crippen LogP contribution in [0.25, 0.3) is 22.6 Å². The molecule has 200 valence electrons. The molecule has 5 rings (SSSR count). The largest absolute Gasteiger partial charge is 0.493 e. The first-order valence-corrected chi connectivity index (χ1v) is 12.4. The second-order valence-corrected chi connectivity index (χ2v) is 9.20. The molecular weight excluding hydrogens is 488 g/mol. The third kappa shape index (κ3) is 4.46. The summed E-state index contributed by atoms with van der Waals surface area (Å²) in [6.07, 6.45) is 3.25. The lowest BCUT2D eigenvalue weighted by atomic mass is 10.2. The first-order valence-electron chi connectivity index (χ1n) is 12.4.